The van der Waals surface area contributed by atoms with Crippen LogP contribution in [0.5, 0.6) is 0 Å². The normalized spacial score (nSPS) is 11.0. The maximum Gasteiger partial charge on any atom is 0.272 e. The predicted molar refractivity (Wildman–Crippen MR) is 83.1 cm³/mol. The molecule has 4 nitrogen and oxygen atoms in total. The van der Waals surface area contributed by atoms with Crippen LogP contribution in [-0.4, -0.2) is 15.2 Å². The summed E-state index contributed by atoms with van der Waals surface area (Å²) in [5.41, 5.74) is 2.36. The molecule has 4 rings (SSSR count). The molecule has 2 aromatic carbocycles. The van der Waals surface area contributed by atoms with Gasteiger partial charge >= 0.3 is 0 Å². The average Bonchev–Trinajstić information content (AvgIpc) is 2.55. The topological polar surface area (TPSA) is 58.6 Å². The molecule has 2 aromatic heterocycles. The minimum absolute atomic E-state index is 0.178. The zero-order chi connectivity index (χ0) is 14.2. The van der Waals surface area contributed by atoms with Gasteiger partial charge in [0, 0.05) is 22.5 Å². The van der Waals surface area contributed by atoms with E-state index in [0.29, 0.717) is 5.39 Å². The molecule has 100 valence electrons. The molecule has 0 radical (unpaired) electrons. The van der Waals surface area contributed by atoms with Gasteiger partial charge in [0.2, 0.25) is 0 Å². The van der Waals surface area contributed by atoms with Crippen molar-refractivity contribution in [2.24, 2.45) is 0 Å². The number of hydrogen-bond donors (Lipinski definition) is 1. The molecule has 0 amide bonds. The van der Waals surface area contributed by atoms with E-state index >= 15 is 0 Å². The highest BCUT2D eigenvalue weighted by Gasteiger charge is 2.11. The molecule has 4 heteroatoms. The molecule has 1 N–H and O–H groups in total. The molecule has 0 saturated heterocycles. The summed E-state index contributed by atoms with van der Waals surface area (Å²) in [6.45, 7) is 0. The Morgan fingerprint density at radius 3 is 2.57 bits per heavy atom. The van der Waals surface area contributed by atoms with Gasteiger partial charge in [0.15, 0.2) is 0 Å². The van der Waals surface area contributed by atoms with E-state index in [0.717, 1.165) is 27.5 Å². The van der Waals surface area contributed by atoms with Gasteiger partial charge in [0.05, 0.1) is 10.9 Å². The fourth-order valence-electron chi connectivity index (χ4n) is 2.62. The molecular formula is C17H11N3O. The molecule has 0 atom stereocenters. The summed E-state index contributed by atoms with van der Waals surface area (Å²) >= 11 is 0. The molecule has 2 heterocycles. The lowest BCUT2D eigenvalue weighted by Crippen LogP contribution is -2.09. The number of aromatic nitrogens is 3. The second-order valence-electron chi connectivity index (χ2n) is 4.83. The highest BCUT2D eigenvalue weighted by molar-refractivity contribution is 6.01. The van der Waals surface area contributed by atoms with Crippen LogP contribution in [0.3, 0.4) is 0 Å². The third-order valence-corrected chi connectivity index (χ3v) is 3.58. The second-order valence-corrected chi connectivity index (χ2v) is 4.83. The summed E-state index contributed by atoms with van der Waals surface area (Å²) in [4.78, 5) is 16.3. The zero-order valence-corrected chi connectivity index (χ0v) is 11.1. The Balaban J connectivity index is 2.15. The molecule has 0 saturated carbocycles. The van der Waals surface area contributed by atoms with Crippen molar-refractivity contribution in [1.29, 1.82) is 0 Å². The van der Waals surface area contributed by atoms with Gasteiger partial charge in [-0.3, -0.25) is 9.78 Å². The number of benzene rings is 2. The monoisotopic (exact) mass is 273 g/mol. The Bertz CT molecular complexity index is 1020. The number of aromatic amines is 1. The third-order valence-electron chi connectivity index (χ3n) is 3.58. The van der Waals surface area contributed by atoms with Gasteiger partial charge < -0.3 is 0 Å². The standard InChI is InChI=1S/C17H11N3O/c21-17-13-8-2-1-7-12(13)16(19-20-17)14-9-3-5-11-6-4-10-18-15(11)14/h1-10H,(H,20,21). The molecule has 0 unspecified atom stereocenters. The van der Waals surface area contributed by atoms with Crippen LogP contribution >= 0.6 is 0 Å². The van der Waals surface area contributed by atoms with Crippen molar-refractivity contribution in [3.63, 3.8) is 0 Å². The summed E-state index contributed by atoms with van der Waals surface area (Å²) in [6, 6.07) is 17.4. The number of para-hydroxylation sites is 1. The van der Waals surface area contributed by atoms with Gasteiger partial charge in [0.1, 0.15) is 5.69 Å². The Hall–Kier alpha value is -3.01. The quantitative estimate of drug-likeness (QED) is 0.579. The molecule has 0 aliphatic rings. The average molecular weight is 273 g/mol. The summed E-state index contributed by atoms with van der Waals surface area (Å²) in [6.07, 6.45) is 1.76. The predicted octanol–water partition coefficient (Wildman–Crippen LogP) is 3.14. The number of nitrogens with zero attached hydrogens (tertiary/aromatic N) is 2. The summed E-state index contributed by atoms with van der Waals surface area (Å²) in [7, 11) is 0. The van der Waals surface area contributed by atoms with Crippen LogP contribution in [0.2, 0.25) is 0 Å². The first-order valence-corrected chi connectivity index (χ1v) is 6.66. The van der Waals surface area contributed by atoms with Crippen molar-refractivity contribution in [3.8, 4) is 11.3 Å². The van der Waals surface area contributed by atoms with Gasteiger partial charge in [-0.2, -0.15) is 5.10 Å². The van der Waals surface area contributed by atoms with Crippen LogP contribution < -0.4 is 5.56 Å². The van der Waals surface area contributed by atoms with E-state index in [1.54, 1.807) is 12.3 Å². The first kappa shape index (κ1) is 11.8. The van der Waals surface area contributed by atoms with E-state index in [4.69, 9.17) is 0 Å². The maximum absolute atomic E-state index is 11.9. The highest BCUT2D eigenvalue weighted by atomic mass is 16.1. The van der Waals surface area contributed by atoms with E-state index in [9.17, 15) is 4.79 Å². The van der Waals surface area contributed by atoms with Crippen molar-refractivity contribution in [3.05, 3.63) is 71.1 Å². The van der Waals surface area contributed by atoms with E-state index in [1.807, 2.05) is 48.5 Å². The van der Waals surface area contributed by atoms with Crippen molar-refractivity contribution in [2.45, 2.75) is 0 Å². The molecule has 0 spiro atoms. The molecule has 0 fully saturated rings. The van der Waals surface area contributed by atoms with E-state index < -0.39 is 0 Å². The van der Waals surface area contributed by atoms with Crippen LogP contribution in [0, 0.1) is 0 Å². The van der Waals surface area contributed by atoms with Crippen molar-refractivity contribution in [2.75, 3.05) is 0 Å². The Morgan fingerprint density at radius 1 is 0.857 bits per heavy atom. The van der Waals surface area contributed by atoms with E-state index in [1.165, 1.54) is 0 Å². The van der Waals surface area contributed by atoms with E-state index in [-0.39, 0.29) is 5.56 Å². The van der Waals surface area contributed by atoms with Crippen LogP contribution in [0.1, 0.15) is 0 Å². The molecule has 0 bridgehead atoms. The van der Waals surface area contributed by atoms with Crippen LogP contribution in [0.4, 0.5) is 0 Å². The number of pyridine rings is 1. The fourth-order valence-corrected chi connectivity index (χ4v) is 2.62. The van der Waals surface area contributed by atoms with Crippen LogP contribution in [0.15, 0.2) is 65.6 Å². The summed E-state index contributed by atoms with van der Waals surface area (Å²) in [5.74, 6) is 0. The van der Waals surface area contributed by atoms with Gasteiger partial charge in [-0.25, -0.2) is 5.10 Å². The molecule has 4 aromatic rings. The van der Waals surface area contributed by atoms with Crippen LogP contribution in [0.25, 0.3) is 32.9 Å². The Labute approximate surface area is 120 Å². The summed E-state index contributed by atoms with van der Waals surface area (Å²) in [5, 5.41) is 9.34. The molecule has 0 aliphatic heterocycles. The van der Waals surface area contributed by atoms with Crippen molar-refractivity contribution < 1.29 is 0 Å². The number of rotatable bonds is 1. The molecule has 21 heavy (non-hydrogen) atoms. The molecule has 0 aliphatic carbocycles. The number of hydrogen-bond acceptors (Lipinski definition) is 3. The SMILES string of the molecule is O=c1[nH]nc(-c2cccc3cccnc23)c2ccccc12. The lowest BCUT2D eigenvalue weighted by molar-refractivity contribution is 1.02. The molecular weight excluding hydrogens is 262 g/mol. The number of fused-ring (bicyclic) bond motifs is 2. The van der Waals surface area contributed by atoms with E-state index in [2.05, 4.69) is 15.2 Å². The van der Waals surface area contributed by atoms with Gasteiger partial charge in [0.25, 0.3) is 5.56 Å². The minimum atomic E-state index is -0.178. The third kappa shape index (κ3) is 1.80. The lowest BCUT2D eigenvalue weighted by atomic mass is 10.0. The fraction of sp³-hybridized carbons (Fsp3) is 0. The largest absolute Gasteiger partial charge is 0.272 e. The van der Waals surface area contributed by atoms with Gasteiger partial charge in [-0.1, -0.05) is 42.5 Å². The minimum Gasteiger partial charge on any atom is -0.267 e. The zero-order valence-electron chi connectivity index (χ0n) is 11.1. The number of H-pyrrole nitrogens is 1. The highest BCUT2D eigenvalue weighted by Crippen LogP contribution is 2.29. The second kappa shape index (κ2) is 4.52. The maximum atomic E-state index is 11.9. The lowest BCUT2D eigenvalue weighted by Gasteiger charge is -2.07. The van der Waals surface area contributed by atoms with Crippen molar-refractivity contribution >= 4 is 21.7 Å². The van der Waals surface area contributed by atoms with Gasteiger partial charge in [-0.15, -0.1) is 0 Å². The first-order chi connectivity index (χ1) is 10.3. The Morgan fingerprint density at radius 2 is 1.67 bits per heavy atom. The summed E-state index contributed by atoms with van der Waals surface area (Å²) < 4.78 is 0. The first-order valence-electron chi connectivity index (χ1n) is 6.66. The number of nitrogens with one attached hydrogen (secondary N) is 1. The van der Waals surface area contributed by atoms with Crippen LogP contribution in [-0.2, 0) is 0 Å². The van der Waals surface area contributed by atoms with Gasteiger partial charge in [-0.05, 0) is 12.1 Å². The van der Waals surface area contributed by atoms with Crippen molar-refractivity contribution in [1.82, 2.24) is 15.2 Å². The Kier molecular flexibility index (Phi) is 2.54. The smallest absolute Gasteiger partial charge is 0.267 e.